The maximum atomic E-state index is 15.2. The summed E-state index contributed by atoms with van der Waals surface area (Å²) in [6.45, 7) is 2.37. The average molecular weight is 425 g/mol. The van der Waals surface area contributed by atoms with Crippen molar-refractivity contribution < 1.29 is 18.3 Å². The molecule has 0 spiro atoms. The van der Waals surface area contributed by atoms with Crippen molar-refractivity contribution in [3.63, 3.8) is 0 Å². The Morgan fingerprint density at radius 2 is 1.93 bits per heavy atom. The van der Waals surface area contributed by atoms with Gasteiger partial charge in [0.25, 0.3) is 11.5 Å². The Labute approximate surface area is 171 Å². The van der Waals surface area contributed by atoms with Gasteiger partial charge >= 0.3 is 5.69 Å². The molecule has 4 aliphatic rings. The highest BCUT2D eigenvalue weighted by molar-refractivity contribution is 5.59. The van der Waals surface area contributed by atoms with Gasteiger partial charge in [-0.2, -0.15) is 0 Å². The summed E-state index contributed by atoms with van der Waals surface area (Å²) in [5.74, 6) is -4.86. The molecule has 1 aromatic heterocycles. The van der Waals surface area contributed by atoms with E-state index in [1.165, 1.54) is 6.08 Å². The second-order valence-electron chi connectivity index (χ2n) is 9.40. The quantitative estimate of drug-likeness (QED) is 0.763. The van der Waals surface area contributed by atoms with E-state index in [-0.39, 0.29) is 30.5 Å². The topological polar surface area (TPSA) is 78.3 Å². The third-order valence-electron chi connectivity index (χ3n) is 7.44. The normalized spacial score (nSPS) is 36.0. The monoisotopic (exact) mass is 425 g/mol. The first-order chi connectivity index (χ1) is 14.2. The van der Waals surface area contributed by atoms with Crippen molar-refractivity contribution in [2.75, 3.05) is 13.1 Å². The number of nitrogens with zero attached hydrogens (tertiary/aromatic N) is 2. The highest BCUT2D eigenvalue weighted by Gasteiger charge is 2.52. The van der Waals surface area contributed by atoms with Gasteiger partial charge in [-0.3, -0.25) is 19.2 Å². The van der Waals surface area contributed by atoms with Crippen molar-refractivity contribution in [3.8, 4) is 0 Å². The van der Waals surface area contributed by atoms with E-state index < -0.39 is 47.0 Å². The van der Waals surface area contributed by atoms with Crippen LogP contribution in [0.15, 0.2) is 15.4 Å². The van der Waals surface area contributed by atoms with Crippen molar-refractivity contribution >= 4 is 6.08 Å². The maximum absolute atomic E-state index is 15.2. The van der Waals surface area contributed by atoms with Crippen LogP contribution in [0, 0.1) is 11.8 Å². The molecule has 2 heterocycles. The van der Waals surface area contributed by atoms with Crippen LogP contribution in [0.2, 0.25) is 0 Å². The fourth-order valence-electron chi connectivity index (χ4n) is 5.86. The number of halogens is 3. The zero-order valence-corrected chi connectivity index (χ0v) is 16.8. The zero-order chi connectivity index (χ0) is 21.4. The minimum atomic E-state index is -3.13. The van der Waals surface area contributed by atoms with E-state index in [1.807, 2.05) is 4.90 Å². The van der Waals surface area contributed by atoms with Gasteiger partial charge in [-0.1, -0.05) is 6.92 Å². The molecule has 5 unspecified atom stereocenters. The molecule has 0 radical (unpaired) electrons. The molecule has 3 aliphatic carbocycles. The Balaban J connectivity index is 1.51. The van der Waals surface area contributed by atoms with Crippen molar-refractivity contribution in [2.24, 2.45) is 11.8 Å². The molecule has 5 rings (SSSR count). The number of aliphatic hydroxyl groups is 1. The van der Waals surface area contributed by atoms with Crippen molar-refractivity contribution in [1.29, 1.82) is 0 Å². The highest BCUT2D eigenvalue weighted by atomic mass is 19.3. The minimum absolute atomic E-state index is 0.00551. The predicted molar refractivity (Wildman–Crippen MR) is 104 cm³/mol. The molecule has 9 heteroatoms. The molecule has 164 valence electrons. The molecular weight excluding hydrogens is 399 g/mol. The van der Waals surface area contributed by atoms with Crippen LogP contribution in [0.4, 0.5) is 13.2 Å². The SMILES string of the molecule is CC1c2c(c(=O)[nH]c(=O)n2C2CC2)C=C(F)C1N1CC2CCCC(F)(F)C(O)C2C1. The van der Waals surface area contributed by atoms with Gasteiger partial charge in [0.05, 0.1) is 11.6 Å². The van der Waals surface area contributed by atoms with Crippen molar-refractivity contribution in [2.45, 2.75) is 69.1 Å². The molecule has 6 nitrogen and oxygen atoms in total. The van der Waals surface area contributed by atoms with Crippen molar-refractivity contribution in [3.05, 3.63) is 37.9 Å². The Morgan fingerprint density at radius 3 is 2.63 bits per heavy atom. The Morgan fingerprint density at radius 1 is 1.20 bits per heavy atom. The van der Waals surface area contributed by atoms with E-state index in [0.29, 0.717) is 25.1 Å². The lowest BCUT2D eigenvalue weighted by Crippen LogP contribution is -2.46. The second kappa shape index (κ2) is 6.82. The maximum Gasteiger partial charge on any atom is 0.328 e. The number of likely N-dealkylation sites (tertiary alicyclic amines) is 1. The van der Waals surface area contributed by atoms with Gasteiger partial charge in [-0.25, -0.2) is 18.0 Å². The van der Waals surface area contributed by atoms with Gasteiger partial charge in [0, 0.05) is 43.1 Å². The van der Waals surface area contributed by atoms with E-state index in [4.69, 9.17) is 0 Å². The van der Waals surface area contributed by atoms with E-state index in [9.17, 15) is 23.5 Å². The lowest BCUT2D eigenvalue weighted by atomic mass is 9.87. The Kier molecular flexibility index (Phi) is 4.56. The number of aromatic amines is 1. The van der Waals surface area contributed by atoms with Gasteiger partial charge in [-0.05, 0) is 37.7 Å². The second-order valence-corrected chi connectivity index (χ2v) is 9.40. The molecule has 5 atom stereocenters. The summed E-state index contributed by atoms with van der Waals surface area (Å²) in [5, 5.41) is 10.3. The third kappa shape index (κ3) is 3.00. The van der Waals surface area contributed by atoms with Crippen molar-refractivity contribution in [1.82, 2.24) is 14.5 Å². The fourth-order valence-corrected chi connectivity index (χ4v) is 5.86. The number of nitrogens with one attached hydrogen (secondary N) is 1. The van der Waals surface area contributed by atoms with Gasteiger partial charge < -0.3 is 5.11 Å². The van der Waals surface area contributed by atoms with E-state index in [1.54, 1.807) is 11.5 Å². The molecule has 0 aromatic carbocycles. The predicted octanol–water partition coefficient (Wildman–Crippen LogP) is 2.40. The standard InChI is InChI=1S/C21H26F3N3O3/c1-10-16-13(19(29)25-20(30)27(16)12-4-5-12)7-15(22)17(10)26-8-11-3-2-6-21(23,24)18(28)14(11)9-26/h7,10-12,14,17-18,28H,2-6,8-9H2,1H3,(H,25,29,30). The number of rotatable bonds is 2. The summed E-state index contributed by atoms with van der Waals surface area (Å²) >= 11 is 0. The molecule has 1 saturated heterocycles. The molecule has 0 bridgehead atoms. The minimum Gasteiger partial charge on any atom is -0.387 e. The highest BCUT2D eigenvalue weighted by Crippen LogP contribution is 2.46. The largest absolute Gasteiger partial charge is 0.387 e. The van der Waals surface area contributed by atoms with Gasteiger partial charge in [0.15, 0.2) is 0 Å². The first-order valence-electron chi connectivity index (χ1n) is 10.7. The van der Waals surface area contributed by atoms with Gasteiger partial charge in [0.1, 0.15) is 11.9 Å². The molecule has 1 aliphatic heterocycles. The number of H-pyrrole nitrogens is 1. The van der Waals surface area contributed by atoms with E-state index in [0.717, 1.165) is 12.8 Å². The first-order valence-corrected chi connectivity index (χ1v) is 10.7. The zero-order valence-electron chi connectivity index (χ0n) is 16.8. The Hall–Kier alpha value is -1.87. The molecule has 1 aromatic rings. The molecule has 30 heavy (non-hydrogen) atoms. The van der Waals surface area contributed by atoms with Crippen LogP contribution in [-0.4, -0.2) is 50.7 Å². The number of alkyl halides is 2. The van der Waals surface area contributed by atoms with Crippen LogP contribution < -0.4 is 11.2 Å². The lowest BCUT2D eigenvalue weighted by molar-refractivity contribution is -0.132. The molecule has 0 amide bonds. The van der Waals surface area contributed by atoms with E-state index >= 15 is 4.39 Å². The molecule has 2 N–H and O–H groups in total. The summed E-state index contributed by atoms with van der Waals surface area (Å²) in [6, 6.07) is -0.734. The average Bonchev–Trinajstić information content (AvgIpc) is 3.43. The number of fused-ring (bicyclic) bond motifs is 2. The third-order valence-corrected chi connectivity index (χ3v) is 7.44. The first kappa shape index (κ1) is 20.1. The fraction of sp³-hybridized carbons (Fsp3) is 0.714. The number of hydrogen-bond donors (Lipinski definition) is 2. The van der Waals surface area contributed by atoms with Crippen LogP contribution in [0.25, 0.3) is 6.08 Å². The van der Waals surface area contributed by atoms with Crippen LogP contribution in [0.1, 0.15) is 62.2 Å². The van der Waals surface area contributed by atoms with Gasteiger partial charge in [0.2, 0.25) is 0 Å². The molecular formula is C21H26F3N3O3. The lowest BCUT2D eigenvalue weighted by Gasteiger charge is -2.36. The molecule has 2 saturated carbocycles. The smallest absolute Gasteiger partial charge is 0.328 e. The van der Waals surface area contributed by atoms with Gasteiger partial charge in [-0.15, -0.1) is 0 Å². The summed E-state index contributed by atoms with van der Waals surface area (Å²) < 4.78 is 45.3. The van der Waals surface area contributed by atoms with Crippen LogP contribution in [-0.2, 0) is 0 Å². The van der Waals surface area contributed by atoms with Crippen LogP contribution >= 0.6 is 0 Å². The van der Waals surface area contributed by atoms with Crippen LogP contribution in [0.3, 0.4) is 0 Å². The summed E-state index contributed by atoms with van der Waals surface area (Å²) in [7, 11) is 0. The summed E-state index contributed by atoms with van der Waals surface area (Å²) in [4.78, 5) is 28.9. The van der Waals surface area contributed by atoms with Crippen LogP contribution in [0.5, 0.6) is 0 Å². The Bertz CT molecular complexity index is 1010. The van der Waals surface area contributed by atoms with E-state index in [2.05, 4.69) is 4.98 Å². The number of aromatic nitrogens is 2. The molecule has 3 fully saturated rings. The number of aliphatic hydroxyl groups excluding tert-OH is 1. The summed E-state index contributed by atoms with van der Waals surface area (Å²) in [6.07, 6.45) is 1.70. The number of hydrogen-bond acceptors (Lipinski definition) is 4. The summed E-state index contributed by atoms with van der Waals surface area (Å²) in [5.41, 5.74) is -0.392.